The molecule has 7 heteroatoms. The zero-order valence-electron chi connectivity index (χ0n) is 13.6. The first-order valence-electron chi connectivity index (χ1n) is 8.05. The van der Waals surface area contributed by atoms with Crippen LogP contribution in [0.4, 0.5) is 0 Å². The van der Waals surface area contributed by atoms with E-state index in [1.165, 1.54) is 6.42 Å². The molecule has 124 valence electrons. The molecule has 2 aliphatic rings. The topological polar surface area (TPSA) is 87.7 Å². The van der Waals surface area contributed by atoms with Gasteiger partial charge >= 0.3 is 0 Å². The van der Waals surface area contributed by atoms with Crippen molar-refractivity contribution < 1.29 is 8.42 Å². The van der Waals surface area contributed by atoms with Crippen molar-refractivity contribution in [2.24, 2.45) is 16.7 Å². The van der Waals surface area contributed by atoms with Gasteiger partial charge in [0.05, 0.1) is 5.39 Å². The van der Waals surface area contributed by atoms with Gasteiger partial charge in [0.25, 0.3) is 10.0 Å². The SMILES string of the molecule is CC1(C)C2CC[C@](C)(C2)C1NS(=O)(=O)c1[nH]nc2ncccc12. The summed E-state index contributed by atoms with van der Waals surface area (Å²) >= 11 is 0. The van der Waals surface area contributed by atoms with E-state index in [-0.39, 0.29) is 21.9 Å². The van der Waals surface area contributed by atoms with E-state index in [1.807, 2.05) is 0 Å². The minimum atomic E-state index is -3.67. The zero-order chi connectivity index (χ0) is 16.5. The molecule has 6 nitrogen and oxygen atoms in total. The van der Waals surface area contributed by atoms with Crippen molar-refractivity contribution in [2.45, 2.75) is 51.1 Å². The lowest BCUT2D eigenvalue weighted by Crippen LogP contribution is -2.52. The van der Waals surface area contributed by atoms with Gasteiger partial charge in [-0.1, -0.05) is 20.8 Å². The highest BCUT2D eigenvalue weighted by Gasteiger charge is 2.60. The fourth-order valence-corrected chi connectivity index (χ4v) is 6.47. The van der Waals surface area contributed by atoms with Crippen LogP contribution in [0.1, 0.15) is 40.0 Å². The van der Waals surface area contributed by atoms with Crippen molar-refractivity contribution in [1.82, 2.24) is 19.9 Å². The summed E-state index contributed by atoms with van der Waals surface area (Å²) < 4.78 is 28.9. The molecule has 0 spiro atoms. The predicted molar refractivity (Wildman–Crippen MR) is 87.2 cm³/mol. The van der Waals surface area contributed by atoms with Crippen molar-refractivity contribution in [3.05, 3.63) is 18.3 Å². The summed E-state index contributed by atoms with van der Waals surface area (Å²) in [5.74, 6) is 0.584. The summed E-state index contributed by atoms with van der Waals surface area (Å²) in [5, 5.41) is 7.30. The van der Waals surface area contributed by atoms with Crippen molar-refractivity contribution in [3.8, 4) is 0 Å². The molecule has 2 aliphatic carbocycles. The highest BCUT2D eigenvalue weighted by atomic mass is 32.2. The number of H-pyrrole nitrogens is 1. The molecule has 0 aliphatic heterocycles. The van der Waals surface area contributed by atoms with Gasteiger partial charge in [0.15, 0.2) is 10.7 Å². The number of pyridine rings is 1. The van der Waals surface area contributed by atoms with E-state index in [0.29, 0.717) is 17.0 Å². The van der Waals surface area contributed by atoms with Crippen LogP contribution in [-0.2, 0) is 10.0 Å². The molecule has 2 N–H and O–H groups in total. The first kappa shape index (κ1) is 15.1. The van der Waals surface area contributed by atoms with Crippen LogP contribution in [0.15, 0.2) is 23.4 Å². The number of rotatable bonds is 3. The summed E-state index contributed by atoms with van der Waals surface area (Å²) in [5.41, 5.74) is 0.426. The van der Waals surface area contributed by atoms with Gasteiger partial charge in [0.2, 0.25) is 0 Å². The minimum Gasteiger partial charge on any atom is -0.263 e. The van der Waals surface area contributed by atoms with Crippen LogP contribution in [0.5, 0.6) is 0 Å². The predicted octanol–water partition coefficient (Wildman–Crippen LogP) is 2.45. The molecule has 2 aromatic heterocycles. The van der Waals surface area contributed by atoms with Crippen LogP contribution in [0, 0.1) is 16.7 Å². The molecular weight excluding hydrogens is 312 g/mol. The van der Waals surface area contributed by atoms with Gasteiger partial charge in [-0.15, -0.1) is 0 Å². The van der Waals surface area contributed by atoms with Gasteiger partial charge < -0.3 is 0 Å². The highest BCUT2D eigenvalue weighted by Crippen LogP contribution is 2.62. The smallest absolute Gasteiger partial charge is 0.258 e. The fourth-order valence-electron chi connectivity index (χ4n) is 4.84. The van der Waals surface area contributed by atoms with Gasteiger partial charge in [0.1, 0.15) is 0 Å². The summed E-state index contributed by atoms with van der Waals surface area (Å²) in [6.45, 7) is 6.57. The Bertz CT molecular complexity index is 868. The number of sulfonamides is 1. The Hall–Kier alpha value is -1.47. The molecule has 0 saturated heterocycles. The molecule has 4 rings (SSSR count). The molecular formula is C16H22N4O2S. The summed E-state index contributed by atoms with van der Waals surface area (Å²) in [4.78, 5) is 4.09. The van der Waals surface area contributed by atoms with E-state index in [0.717, 1.165) is 12.8 Å². The number of hydrogen-bond donors (Lipinski definition) is 2. The number of nitrogens with one attached hydrogen (secondary N) is 2. The molecule has 23 heavy (non-hydrogen) atoms. The van der Waals surface area contributed by atoms with Gasteiger partial charge in [-0.25, -0.2) is 18.1 Å². The summed E-state index contributed by atoms with van der Waals surface area (Å²) in [7, 11) is -3.67. The first-order chi connectivity index (χ1) is 10.7. The average Bonchev–Trinajstić information content (AvgIpc) is 3.13. The fraction of sp³-hybridized carbons (Fsp3) is 0.625. The Labute approximate surface area is 136 Å². The highest BCUT2D eigenvalue weighted by molar-refractivity contribution is 7.89. The van der Waals surface area contributed by atoms with E-state index in [1.54, 1.807) is 18.3 Å². The standard InChI is InChI=1S/C16H22N4O2S/c1-15(2)10-6-7-16(3,9-10)14(15)20-23(21,22)13-11-5-4-8-17-12(11)18-19-13/h4-5,8,10,14,20H,6-7,9H2,1-3H3,(H,17,18,19)/t10?,14?,16-/m1/s1. The van der Waals surface area contributed by atoms with Crippen LogP contribution < -0.4 is 4.72 Å². The molecule has 2 aromatic rings. The van der Waals surface area contributed by atoms with E-state index in [2.05, 4.69) is 40.7 Å². The quantitative estimate of drug-likeness (QED) is 0.902. The Balaban J connectivity index is 1.73. The van der Waals surface area contributed by atoms with Gasteiger partial charge in [-0.3, -0.25) is 5.10 Å². The molecule has 0 amide bonds. The molecule has 2 bridgehead atoms. The van der Waals surface area contributed by atoms with Crippen LogP contribution >= 0.6 is 0 Å². The maximum absolute atomic E-state index is 13.0. The molecule has 0 radical (unpaired) electrons. The Morgan fingerprint density at radius 3 is 2.83 bits per heavy atom. The molecule has 3 atom stereocenters. The van der Waals surface area contributed by atoms with E-state index >= 15 is 0 Å². The third-order valence-corrected chi connectivity index (χ3v) is 7.50. The minimum absolute atomic E-state index is 0.0336. The maximum Gasteiger partial charge on any atom is 0.258 e. The average molecular weight is 334 g/mol. The molecule has 2 unspecified atom stereocenters. The lowest BCUT2D eigenvalue weighted by atomic mass is 9.69. The summed E-state index contributed by atoms with van der Waals surface area (Å²) in [6.07, 6.45) is 4.98. The van der Waals surface area contributed by atoms with Crippen LogP contribution in [0.2, 0.25) is 0 Å². The number of nitrogens with zero attached hydrogens (tertiary/aromatic N) is 2. The second-order valence-corrected chi connectivity index (χ2v) is 9.55. The lowest BCUT2D eigenvalue weighted by Gasteiger charge is -2.42. The van der Waals surface area contributed by atoms with Gasteiger partial charge in [-0.05, 0) is 48.1 Å². The van der Waals surface area contributed by atoms with E-state index in [4.69, 9.17) is 0 Å². The molecule has 2 fully saturated rings. The summed E-state index contributed by atoms with van der Waals surface area (Å²) in [6, 6.07) is 3.39. The number of aromatic amines is 1. The van der Waals surface area contributed by atoms with Gasteiger partial charge in [-0.2, -0.15) is 5.10 Å². The third-order valence-electron chi connectivity index (χ3n) is 6.11. The normalized spacial score (nSPS) is 32.7. The van der Waals surface area contributed by atoms with E-state index in [9.17, 15) is 8.42 Å². The Morgan fingerprint density at radius 2 is 2.13 bits per heavy atom. The second-order valence-electron chi connectivity index (χ2n) is 7.90. The van der Waals surface area contributed by atoms with Gasteiger partial charge in [0, 0.05) is 12.2 Å². The molecule has 2 heterocycles. The van der Waals surface area contributed by atoms with Crippen molar-refractivity contribution in [2.75, 3.05) is 0 Å². The Morgan fingerprint density at radius 1 is 1.35 bits per heavy atom. The monoisotopic (exact) mass is 334 g/mol. The largest absolute Gasteiger partial charge is 0.263 e. The zero-order valence-corrected chi connectivity index (χ0v) is 14.4. The van der Waals surface area contributed by atoms with Crippen molar-refractivity contribution in [1.29, 1.82) is 0 Å². The van der Waals surface area contributed by atoms with Crippen LogP contribution in [0.25, 0.3) is 11.0 Å². The van der Waals surface area contributed by atoms with Crippen molar-refractivity contribution in [3.63, 3.8) is 0 Å². The maximum atomic E-state index is 13.0. The van der Waals surface area contributed by atoms with Crippen molar-refractivity contribution >= 4 is 21.1 Å². The molecule has 0 aromatic carbocycles. The second kappa shape index (κ2) is 4.54. The number of hydrogen-bond acceptors (Lipinski definition) is 4. The van der Waals surface area contributed by atoms with E-state index < -0.39 is 10.0 Å². The molecule has 2 saturated carbocycles. The first-order valence-corrected chi connectivity index (χ1v) is 9.54. The van der Waals surface area contributed by atoms with Crippen LogP contribution in [0.3, 0.4) is 0 Å². The van der Waals surface area contributed by atoms with Crippen LogP contribution in [-0.4, -0.2) is 29.6 Å². The third kappa shape index (κ3) is 2.06. The number of aromatic nitrogens is 3. The Kier molecular flexibility index (Phi) is 2.98. The lowest BCUT2D eigenvalue weighted by molar-refractivity contribution is 0.127. The number of fused-ring (bicyclic) bond motifs is 3.